The molecule has 0 fully saturated rings. The number of carbonyl (C=O) groups is 3. The Hall–Kier alpha value is -3.67. The molecule has 0 saturated heterocycles. The van der Waals surface area contributed by atoms with Crippen LogP contribution < -0.4 is 16.0 Å². The molecule has 3 aromatic carbocycles. The van der Waals surface area contributed by atoms with E-state index < -0.39 is 0 Å². The number of benzene rings is 3. The van der Waals surface area contributed by atoms with Gasteiger partial charge in [-0.3, -0.25) is 14.4 Å². The van der Waals surface area contributed by atoms with E-state index in [0.29, 0.717) is 17.8 Å². The van der Waals surface area contributed by atoms with Crippen LogP contribution in [0.2, 0.25) is 0 Å². The first-order valence-electron chi connectivity index (χ1n) is 9.90. The second-order valence-electron chi connectivity index (χ2n) is 7.07. The number of fused-ring (bicyclic) bond motifs is 1. The number of rotatable bonds is 7. The molecule has 0 bridgehead atoms. The lowest BCUT2D eigenvalue weighted by molar-refractivity contribution is -0.123. The monoisotopic (exact) mass is 403 g/mol. The Morgan fingerprint density at radius 1 is 0.833 bits per heavy atom. The Balaban J connectivity index is 1.57. The fourth-order valence-electron chi connectivity index (χ4n) is 3.14. The lowest BCUT2D eigenvalue weighted by Gasteiger charge is -2.12. The molecule has 0 heterocycles. The lowest BCUT2D eigenvalue weighted by Crippen LogP contribution is -2.34. The van der Waals surface area contributed by atoms with Gasteiger partial charge in [0.2, 0.25) is 17.7 Å². The highest BCUT2D eigenvalue weighted by Gasteiger charge is 2.11. The van der Waals surface area contributed by atoms with Gasteiger partial charge in [0.25, 0.3) is 0 Å². The van der Waals surface area contributed by atoms with E-state index in [4.69, 9.17) is 0 Å². The van der Waals surface area contributed by atoms with Crippen molar-refractivity contribution in [3.63, 3.8) is 0 Å². The summed E-state index contributed by atoms with van der Waals surface area (Å²) in [5.74, 6) is -0.651. The smallest absolute Gasteiger partial charge is 0.243 e. The van der Waals surface area contributed by atoms with Crippen molar-refractivity contribution in [1.82, 2.24) is 5.32 Å². The number of anilines is 2. The van der Waals surface area contributed by atoms with E-state index in [0.717, 1.165) is 21.9 Å². The van der Waals surface area contributed by atoms with E-state index in [-0.39, 0.29) is 30.7 Å². The molecule has 0 aliphatic heterocycles. The minimum atomic E-state index is -0.330. The van der Waals surface area contributed by atoms with Crippen molar-refractivity contribution in [2.45, 2.75) is 26.7 Å². The highest BCUT2D eigenvalue weighted by Crippen LogP contribution is 2.21. The van der Waals surface area contributed by atoms with Crippen molar-refractivity contribution in [3.8, 4) is 0 Å². The van der Waals surface area contributed by atoms with Gasteiger partial charge in [0, 0.05) is 17.8 Å². The summed E-state index contributed by atoms with van der Waals surface area (Å²) in [5.41, 5.74) is 2.99. The molecule has 0 aliphatic carbocycles. The van der Waals surface area contributed by atoms with Gasteiger partial charge in [0.15, 0.2) is 0 Å². The van der Waals surface area contributed by atoms with Gasteiger partial charge >= 0.3 is 0 Å². The van der Waals surface area contributed by atoms with Crippen LogP contribution in [-0.4, -0.2) is 24.3 Å². The standard InChI is InChI=1S/C24H25N3O3/c1-3-22(28)26-19-12-11-16(2)21(14-19)27-24(30)15-25-23(29)13-18-9-6-8-17-7-4-5-10-20(17)18/h4-12,14H,3,13,15H2,1-2H3,(H,25,29)(H,26,28)(H,27,30). The lowest BCUT2D eigenvalue weighted by atomic mass is 10.0. The first-order chi connectivity index (χ1) is 14.5. The predicted molar refractivity (Wildman–Crippen MR) is 119 cm³/mol. The van der Waals surface area contributed by atoms with Crippen LogP contribution in [0.4, 0.5) is 11.4 Å². The fourth-order valence-corrected chi connectivity index (χ4v) is 3.14. The summed E-state index contributed by atoms with van der Waals surface area (Å²) in [7, 11) is 0. The molecule has 3 amide bonds. The van der Waals surface area contributed by atoms with Gasteiger partial charge in [-0.25, -0.2) is 0 Å². The van der Waals surface area contributed by atoms with Crippen LogP contribution in [-0.2, 0) is 20.8 Å². The minimum absolute atomic E-state index is 0.100. The molecule has 154 valence electrons. The maximum Gasteiger partial charge on any atom is 0.243 e. The molecular weight excluding hydrogens is 378 g/mol. The molecule has 6 nitrogen and oxygen atoms in total. The topological polar surface area (TPSA) is 87.3 Å². The highest BCUT2D eigenvalue weighted by atomic mass is 16.2. The van der Waals surface area contributed by atoms with E-state index in [2.05, 4.69) is 16.0 Å². The van der Waals surface area contributed by atoms with Gasteiger partial charge in [-0.05, 0) is 41.0 Å². The molecule has 3 aromatic rings. The predicted octanol–water partition coefficient (Wildman–Crippen LogP) is 3.79. The van der Waals surface area contributed by atoms with Crippen LogP contribution in [0.15, 0.2) is 60.7 Å². The number of hydrogen-bond acceptors (Lipinski definition) is 3. The Kier molecular flexibility index (Phi) is 6.80. The normalized spacial score (nSPS) is 10.5. The highest BCUT2D eigenvalue weighted by molar-refractivity contribution is 5.97. The minimum Gasteiger partial charge on any atom is -0.347 e. The summed E-state index contributed by atoms with van der Waals surface area (Å²) in [6.07, 6.45) is 0.574. The second-order valence-corrected chi connectivity index (χ2v) is 7.07. The van der Waals surface area contributed by atoms with Crippen LogP contribution in [0.3, 0.4) is 0 Å². The number of nitrogens with one attached hydrogen (secondary N) is 3. The quantitative estimate of drug-likeness (QED) is 0.561. The molecule has 3 rings (SSSR count). The third-order valence-electron chi connectivity index (χ3n) is 4.79. The number of carbonyl (C=O) groups excluding carboxylic acids is 3. The van der Waals surface area contributed by atoms with Gasteiger partial charge in [-0.15, -0.1) is 0 Å². The molecule has 0 atom stereocenters. The average Bonchev–Trinajstić information content (AvgIpc) is 2.75. The Morgan fingerprint density at radius 3 is 2.40 bits per heavy atom. The van der Waals surface area contributed by atoms with Gasteiger partial charge < -0.3 is 16.0 Å². The average molecular weight is 403 g/mol. The Bertz CT molecular complexity index is 1090. The van der Waals surface area contributed by atoms with Crippen LogP contribution in [0, 0.1) is 6.92 Å². The number of hydrogen-bond donors (Lipinski definition) is 3. The molecule has 0 aromatic heterocycles. The number of aryl methyl sites for hydroxylation is 1. The van der Waals surface area contributed by atoms with Gasteiger partial charge in [-0.2, -0.15) is 0 Å². The van der Waals surface area contributed by atoms with Crippen molar-refractivity contribution in [2.75, 3.05) is 17.2 Å². The van der Waals surface area contributed by atoms with Crippen molar-refractivity contribution >= 4 is 39.9 Å². The van der Waals surface area contributed by atoms with E-state index >= 15 is 0 Å². The molecule has 6 heteroatoms. The van der Waals surface area contributed by atoms with Gasteiger partial charge in [0.1, 0.15) is 0 Å². The van der Waals surface area contributed by atoms with E-state index in [1.165, 1.54) is 0 Å². The third-order valence-corrected chi connectivity index (χ3v) is 4.79. The molecule has 0 aliphatic rings. The number of amides is 3. The van der Waals surface area contributed by atoms with E-state index in [1.54, 1.807) is 19.1 Å². The summed E-state index contributed by atoms with van der Waals surface area (Å²) in [5, 5.41) is 10.3. The molecule has 3 N–H and O–H groups in total. The summed E-state index contributed by atoms with van der Waals surface area (Å²) in [6.45, 7) is 3.50. The molecule has 0 radical (unpaired) electrons. The largest absolute Gasteiger partial charge is 0.347 e. The zero-order valence-corrected chi connectivity index (χ0v) is 17.1. The van der Waals surface area contributed by atoms with Gasteiger partial charge in [0.05, 0.1) is 13.0 Å². The van der Waals surface area contributed by atoms with E-state index in [9.17, 15) is 14.4 Å². The SMILES string of the molecule is CCC(=O)Nc1ccc(C)c(NC(=O)CNC(=O)Cc2cccc3ccccc23)c1. The van der Waals surface area contributed by atoms with Crippen molar-refractivity contribution in [1.29, 1.82) is 0 Å². The molecular formula is C24H25N3O3. The maximum atomic E-state index is 12.3. The first-order valence-corrected chi connectivity index (χ1v) is 9.90. The van der Waals surface area contributed by atoms with Crippen LogP contribution in [0.5, 0.6) is 0 Å². The zero-order chi connectivity index (χ0) is 21.5. The fraction of sp³-hybridized carbons (Fsp3) is 0.208. The maximum absolute atomic E-state index is 12.3. The molecule has 0 unspecified atom stereocenters. The van der Waals surface area contributed by atoms with Crippen LogP contribution in [0.1, 0.15) is 24.5 Å². The van der Waals surface area contributed by atoms with Crippen molar-refractivity contribution < 1.29 is 14.4 Å². The third kappa shape index (κ3) is 5.44. The van der Waals surface area contributed by atoms with E-state index in [1.807, 2.05) is 55.5 Å². The summed E-state index contributed by atoms with van der Waals surface area (Å²) < 4.78 is 0. The zero-order valence-electron chi connectivity index (χ0n) is 17.1. The van der Waals surface area contributed by atoms with Crippen LogP contribution in [0.25, 0.3) is 10.8 Å². The van der Waals surface area contributed by atoms with Crippen molar-refractivity contribution in [2.24, 2.45) is 0 Å². The van der Waals surface area contributed by atoms with Crippen molar-refractivity contribution in [3.05, 3.63) is 71.8 Å². The molecule has 30 heavy (non-hydrogen) atoms. The first kappa shape index (κ1) is 21.0. The van der Waals surface area contributed by atoms with Crippen LogP contribution >= 0.6 is 0 Å². The summed E-state index contributed by atoms with van der Waals surface area (Å²) >= 11 is 0. The molecule has 0 spiro atoms. The molecule has 0 saturated carbocycles. The second kappa shape index (κ2) is 9.69. The van der Waals surface area contributed by atoms with Gasteiger partial charge in [-0.1, -0.05) is 55.5 Å². The Labute approximate surface area is 175 Å². The summed E-state index contributed by atoms with van der Waals surface area (Å²) in [6, 6.07) is 19.0. The summed E-state index contributed by atoms with van der Waals surface area (Å²) in [4.78, 5) is 36.2. The Morgan fingerprint density at radius 2 is 1.60 bits per heavy atom.